The summed E-state index contributed by atoms with van der Waals surface area (Å²) in [6.07, 6.45) is 1.65. The van der Waals surface area contributed by atoms with E-state index in [0.717, 1.165) is 22.4 Å². The van der Waals surface area contributed by atoms with E-state index in [1.165, 1.54) is 0 Å². The Labute approximate surface area is 156 Å². The van der Waals surface area contributed by atoms with Gasteiger partial charge >= 0.3 is 0 Å². The van der Waals surface area contributed by atoms with E-state index < -0.39 is 0 Å². The molecule has 0 bridgehead atoms. The van der Waals surface area contributed by atoms with Gasteiger partial charge in [-0.25, -0.2) is 0 Å². The molecule has 0 N–H and O–H groups in total. The van der Waals surface area contributed by atoms with E-state index in [1.807, 2.05) is 44.2 Å². The summed E-state index contributed by atoms with van der Waals surface area (Å²) in [5.74, 6) is -0.203. The molecule has 2 aromatic carbocycles. The van der Waals surface area contributed by atoms with Crippen LogP contribution in [0.1, 0.15) is 58.9 Å². The minimum Gasteiger partial charge on any atom is -0.311 e. The average Bonchev–Trinajstić information content (AvgIpc) is 2.60. The van der Waals surface area contributed by atoms with Gasteiger partial charge in [-0.1, -0.05) is 51.6 Å². The molecular formula is C23H26N2O. The van der Waals surface area contributed by atoms with Gasteiger partial charge in [0, 0.05) is 12.7 Å². The maximum absolute atomic E-state index is 13.3. The standard InChI is InChI=1S/C23H26N2O/c1-8-17-12-19(23(4,5)6)13-18(14-24)21(17)22(26)25(7)20-11-9-10-15(2)16(20)3/h8-13H,1H2,2-7H3. The van der Waals surface area contributed by atoms with E-state index in [-0.39, 0.29) is 11.3 Å². The topological polar surface area (TPSA) is 44.1 Å². The van der Waals surface area contributed by atoms with E-state index in [2.05, 4.69) is 33.4 Å². The number of carbonyl (C=O) groups is 1. The third-order valence-electron chi connectivity index (χ3n) is 4.83. The molecule has 134 valence electrons. The van der Waals surface area contributed by atoms with E-state index in [9.17, 15) is 10.1 Å². The highest BCUT2D eigenvalue weighted by Crippen LogP contribution is 2.30. The first-order chi connectivity index (χ1) is 12.1. The van der Waals surface area contributed by atoms with Gasteiger partial charge in [0.15, 0.2) is 0 Å². The van der Waals surface area contributed by atoms with Gasteiger partial charge < -0.3 is 4.90 Å². The Hall–Kier alpha value is -2.86. The van der Waals surface area contributed by atoms with E-state index in [0.29, 0.717) is 16.7 Å². The summed E-state index contributed by atoms with van der Waals surface area (Å²) in [5, 5.41) is 9.67. The molecule has 2 aromatic rings. The van der Waals surface area contributed by atoms with Gasteiger partial charge in [-0.2, -0.15) is 5.26 Å². The SMILES string of the molecule is C=Cc1cc(C(C)(C)C)cc(C#N)c1C(=O)N(C)c1cccc(C)c1C. The van der Waals surface area contributed by atoms with Crippen LogP contribution in [0.25, 0.3) is 6.08 Å². The van der Waals surface area contributed by atoms with Crippen LogP contribution in [-0.4, -0.2) is 13.0 Å². The molecule has 26 heavy (non-hydrogen) atoms. The molecule has 2 rings (SSSR count). The number of carbonyl (C=O) groups excluding carboxylic acids is 1. The highest BCUT2D eigenvalue weighted by atomic mass is 16.2. The second-order valence-corrected chi connectivity index (χ2v) is 7.64. The number of anilines is 1. The molecule has 0 spiro atoms. The zero-order valence-corrected chi connectivity index (χ0v) is 16.5. The van der Waals surface area contributed by atoms with E-state index >= 15 is 0 Å². The summed E-state index contributed by atoms with van der Waals surface area (Å²) in [6, 6.07) is 11.8. The predicted octanol–water partition coefficient (Wildman–Crippen LogP) is 5.39. The van der Waals surface area contributed by atoms with Gasteiger partial charge in [0.1, 0.15) is 0 Å². The van der Waals surface area contributed by atoms with Gasteiger partial charge in [0.05, 0.1) is 17.2 Å². The fourth-order valence-electron chi connectivity index (χ4n) is 2.96. The second-order valence-electron chi connectivity index (χ2n) is 7.64. The molecule has 0 aliphatic heterocycles. The van der Waals surface area contributed by atoms with Crippen LogP contribution in [0.15, 0.2) is 36.9 Å². The maximum Gasteiger partial charge on any atom is 0.259 e. The Morgan fingerprint density at radius 1 is 1.23 bits per heavy atom. The van der Waals surface area contributed by atoms with Crippen molar-refractivity contribution in [1.82, 2.24) is 0 Å². The summed E-state index contributed by atoms with van der Waals surface area (Å²) < 4.78 is 0. The molecule has 0 atom stereocenters. The Kier molecular flexibility index (Phi) is 5.37. The summed E-state index contributed by atoms with van der Waals surface area (Å²) in [7, 11) is 1.75. The van der Waals surface area contributed by atoms with Crippen molar-refractivity contribution in [2.45, 2.75) is 40.0 Å². The maximum atomic E-state index is 13.3. The molecular weight excluding hydrogens is 320 g/mol. The molecule has 1 amide bonds. The minimum atomic E-state index is -0.203. The van der Waals surface area contributed by atoms with Crippen LogP contribution < -0.4 is 4.90 Å². The zero-order valence-electron chi connectivity index (χ0n) is 16.5. The third-order valence-corrected chi connectivity index (χ3v) is 4.83. The van der Waals surface area contributed by atoms with Gasteiger partial charge in [0.25, 0.3) is 5.91 Å². The number of nitriles is 1. The summed E-state index contributed by atoms with van der Waals surface area (Å²) in [5.41, 5.74) is 5.38. The highest BCUT2D eigenvalue weighted by molar-refractivity contribution is 6.10. The lowest BCUT2D eigenvalue weighted by atomic mass is 9.83. The minimum absolute atomic E-state index is 0.121. The highest BCUT2D eigenvalue weighted by Gasteiger charge is 2.24. The number of aryl methyl sites for hydroxylation is 1. The van der Waals surface area contributed by atoms with Crippen molar-refractivity contribution in [2.24, 2.45) is 0 Å². The molecule has 0 saturated carbocycles. The van der Waals surface area contributed by atoms with Crippen LogP contribution in [0.5, 0.6) is 0 Å². The van der Waals surface area contributed by atoms with Crippen LogP contribution in [0.2, 0.25) is 0 Å². The smallest absolute Gasteiger partial charge is 0.259 e. The lowest BCUT2D eigenvalue weighted by Crippen LogP contribution is -2.29. The fourth-order valence-corrected chi connectivity index (χ4v) is 2.96. The first-order valence-electron chi connectivity index (χ1n) is 8.67. The Morgan fingerprint density at radius 3 is 2.42 bits per heavy atom. The Morgan fingerprint density at radius 2 is 1.88 bits per heavy atom. The predicted molar refractivity (Wildman–Crippen MR) is 109 cm³/mol. The first kappa shape index (κ1) is 19.5. The molecule has 3 heteroatoms. The molecule has 0 aliphatic carbocycles. The van der Waals surface area contributed by atoms with Crippen molar-refractivity contribution < 1.29 is 4.79 Å². The van der Waals surface area contributed by atoms with Crippen molar-refractivity contribution in [3.05, 3.63) is 70.3 Å². The largest absolute Gasteiger partial charge is 0.311 e. The van der Waals surface area contributed by atoms with E-state index in [4.69, 9.17) is 0 Å². The number of hydrogen-bond acceptors (Lipinski definition) is 2. The molecule has 0 radical (unpaired) electrons. The van der Waals surface area contributed by atoms with Gasteiger partial charge in [-0.05, 0) is 53.6 Å². The molecule has 0 fully saturated rings. The van der Waals surface area contributed by atoms with Crippen molar-refractivity contribution in [3.63, 3.8) is 0 Å². The lowest BCUT2D eigenvalue weighted by Gasteiger charge is -2.24. The zero-order chi connectivity index (χ0) is 19.6. The summed E-state index contributed by atoms with van der Waals surface area (Å²) in [6.45, 7) is 14.1. The van der Waals surface area contributed by atoms with Gasteiger partial charge in [-0.15, -0.1) is 0 Å². The van der Waals surface area contributed by atoms with Crippen LogP contribution >= 0.6 is 0 Å². The number of amides is 1. The number of nitrogens with zero attached hydrogens (tertiary/aromatic N) is 2. The molecule has 3 nitrogen and oxygen atoms in total. The number of hydrogen-bond donors (Lipinski definition) is 0. The van der Waals surface area contributed by atoms with Gasteiger partial charge in [0.2, 0.25) is 0 Å². The number of rotatable bonds is 3. The average molecular weight is 346 g/mol. The van der Waals surface area contributed by atoms with Crippen molar-refractivity contribution in [3.8, 4) is 6.07 Å². The molecule has 0 aliphatic rings. The van der Waals surface area contributed by atoms with Gasteiger partial charge in [-0.3, -0.25) is 4.79 Å². The van der Waals surface area contributed by atoms with Crippen LogP contribution in [-0.2, 0) is 5.41 Å². The van der Waals surface area contributed by atoms with Crippen molar-refractivity contribution in [1.29, 1.82) is 5.26 Å². The number of benzene rings is 2. The fraction of sp³-hybridized carbons (Fsp3) is 0.304. The lowest BCUT2D eigenvalue weighted by molar-refractivity contribution is 0.0992. The van der Waals surface area contributed by atoms with E-state index in [1.54, 1.807) is 18.0 Å². The molecule has 0 heterocycles. The molecule has 0 aromatic heterocycles. The van der Waals surface area contributed by atoms with Crippen LogP contribution in [0.3, 0.4) is 0 Å². The molecule has 0 saturated heterocycles. The Balaban J connectivity index is 2.63. The Bertz CT molecular complexity index is 911. The van der Waals surface area contributed by atoms with Crippen molar-refractivity contribution in [2.75, 3.05) is 11.9 Å². The second kappa shape index (κ2) is 7.17. The molecule has 0 unspecified atom stereocenters. The van der Waals surface area contributed by atoms with Crippen molar-refractivity contribution >= 4 is 17.7 Å². The first-order valence-corrected chi connectivity index (χ1v) is 8.67. The monoisotopic (exact) mass is 346 g/mol. The quantitative estimate of drug-likeness (QED) is 0.747. The van der Waals surface area contributed by atoms with Crippen LogP contribution in [0.4, 0.5) is 5.69 Å². The third kappa shape index (κ3) is 3.55. The summed E-state index contributed by atoms with van der Waals surface area (Å²) in [4.78, 5) is 14.9. The summed E-state index contributed by atoms with van der Waals surface area (Å²) >= 11 is 0. The van der Waals surface area contributed by atoms with Crippen LogP contribution in [0, 0.1) is 25.2 Å². The normalized spacial score (nSPS) is 11.0.